The summed E-state index contributed by atoms with van der Waals surface area (Å²) in [4.78, 5) is 22.4. The summed E-state index contributed by atoms with van der Waals surface area (Å²) in [5, 5.41) is 8.64. The number of carboxylic acids is 1. The molecule has 1 aliphatic rings. The van der Waals surface area contributed by atoms with Crippen LogP contribution < -0.4 is 4.74 Å². The molecule has 1 unspecified atom stereocenters. The predicted molar refractivity (Wildman–Crippen MR) is 65.2 cm³/mol. The molecule has 0 saturated heterocycles. The van der Waals surface area contributed by atoms with Crippen LogP contribution in [0.1, 0.15) is 22.3 Å². The topological polar surface area (TPSA) is 63.6 Å². The van der Waals surface area contributed by atoms with Crippen molar-refractivity contribution in [3.05, 3.63) is 29.3 Å². The molecule has 16 heavy (non-hydrogen) atoms. The van der Waals surface area contributed by atoms with E-state index in [-0.39, 0.29) is 12.2 Å². The minimum absolute atomic E-state index is 0.232. The minimum Gasteiger partial charge on any atom is -0.481 e. The normalized spacial score (nSPS) is 18.1. The molecule has 5 heteroatoms. The van der Waals surface area contributed by atoms with Gasteiger partial charge < -0.3 is 9.84 Å². The largest absolute Gasteiger partial charge is 0.481 e. The van der Waals surface area contributed by atoms with Gasteiger partial charge in [-0.3, -0.25) is 9.59 Å². The fourth-order valence-electron chi connectivity index (χ4n) is 1.63. The Labute approximate surface area is 106 Å². The summed E-state index contributed by atoms with van der Waals surface area (Å²) in [6, 6.07) is 5.37. The quantitative estimate of drug-likeness (QED) is 0.680. The molecule has 0 aliphatic carbocycles. The molecule has 0 spiro atoms. The van der Waals surface area contributed by atoms with Gasteiger partial charge in [0.15, 0.2) is 6.10 Å². The van der Waals surface area contributed by atoms with E-state index in [1.807, 2.05) is 6.07 Å². The van der Waals surface area contributed by atoms with Gasteiger partial charge in [0.1, 0.15) is 5.75 Å². The second-order valence-electron chi connectivity index (χ2n) is 3.53. The first-order valence-corrected chi connectivity index (χ1v) is 6.26. The smallest absolute Gasteiger partial charge is 0.307 e. The second kappa shape index (κ2) is 4.40. The number of Topliss-reactive ketones (excluding diaryl/α,β-unsaturated/α-hetero) is 1. The molecule has 0 bridgehead atoms. The molecule has 1 aliphatic heterocycles. The minimum atomic E-state index is -1.03. The van der Waals surface area contributed by atoms with Crippen LogP contribution in [-0.4, -0.2) is 23.0 Å². The maximum atomic E-state index is 11.8. The number of alkyl halides is 1. The Bertz CT molecular complexity index is 455. The van der Waals surface area contributed by atoms with E-state index in [0.717, 1.165) is 9.99 Å². The lowest BCUT2D eigenvalue weighted by atomic mass is 10.0. The average molecular weight is 332 g/mol. The van der Waals surface area contributed by atoms with Crippen LogP contribution >= 0.6 is 22.6 Å². The van der Waals surface area contributed by atoms with Crippen LogP contribution in [0.2, 0.25) is 0 Å². The van der Waals surface area contributed by atoms with E-state index >= 15 is 0 Å². The summed E-state index contributed by atoms with van der Waals surface area (Å²) < 4.78 is 6.10. The molecule has 0 aromatic heterocycles. The van der Waals surface area contributed by atoms with Gasteiger partial charge in [-0.2, -0.15) is 0 Å². The average Bonchev–Trinajstić information content (AvgIpc) is 2.55. The lowest BCUT2D eigenvalue weighted by Gasteiger charge is -2.04. The van der Waals surface area contributed by atoms with Crippen LogP contribution in [0.25, 0.3) is 0 Å². The van der Waals surface area contributed by atoms with Crippen LogP contribution in [0.15, 0.2) is 18.2 Å². The number of aliphatic carboxylic acids is 1. The van der Waals surface area contributed by atoms with E-state index in [9.17, 15) is 9.59 Å². The van der Waals surface area contributed by atoms with Gasteiger partial charge in [0.05, 0.1) is 12.0 Å². The van der Waals surface area contributed by atoms with Crippen LogP contribution in [0.3, 0.4) is 0 Å². The van der Waals surface area contributed by atoms with E-state index in [4.69, 9.17) is 9.84 Å². The van der Waals surface area contributed by atoms with Crippen molar-refractivity contribution in [3.63, 3.8) is 0 Å². The van der Waals surface area contributed by atoms with Crippen molar-refractivity contribution >= 4 is 34.3 Å². The number of hydrogen-bond donors (Lipinski definition) is 1. The molecular weight excluding hydrogens is 323 g/mol. The van der Waals surface area contributed by atoms with Gasteiger partial charge in [-0.1, -0.05) is 28.7 Å². The van der Waals surface area contributed by atoms with Crippen LogP contribution in [0.4, 0.5) is 0 Å². The Morgan fingerprint density at radius 1 is 1.50 bits per heavy atom. The number of ketones is 1. The highest BCUT2D eigenvalue weighted by molar-refractivity contribution is 14.1. The zero-order chi connectivity index (χ0) is 11.7. The molecule has 0 amide bonds. The summed E-state index contributed by atoms with van der Waals surface area (Å²) in [6.45, 7) is 0. The molecule has 1 aromatic rings. The molecule has 2 rings (SSSR count). The zero-order valence-corrected chi connectivity index (χ0v) is 10.4. The van der Waals surface area contributed by atoms with Gasteiger partial charge in [0, 0.05) is 4.43 Å². The lowest BCUT2D eigenvalue weighted by molar-refractivity contribution is -0.138. The van der Waals surface area contributed by atoms with Crippen molar-refractivity contribution < 1.29 is 19.4 Å². The standard InChI is InChI=1S/C11H9IO4/c12-5-6-1-2-8-7(3-6)11(15)9(16-8)4-10(13)14/h1-3,9H,4-5H2,(H,13,14). The summed E-state index contributed by atoms with van der Waals surface area (Å²) in [6.07, 6.45) is -1.15. The number of carbonyl (C=O) groups is 2. The van der Waals surface area contributed by atoms with E-state index < -0.39 is 12.1 Å². The highest BCUT2D eigenvalue weighted by Gasteiger charge is 2.33. The van der Waals surface area contributed by atoms with Gasteiger partial charge in [-0.25, -0.2) is 0 Å². The third kappa shape index (κ3) is 2.04. The summed E-state index contributed by atoms with van der Waals surface area (Å²) in [5.74, 6) is -0.769. The van der Waals surface area contributed by atoms with E-state index in [2.05, 4.69) is 22.6 Å². The van der Waals surface area contributed by atoms with Gasteiger partial charge in [0.2, 0.25) is 5.78 Å². The van der Waals surface area contributed by atoms with Crippen molar-refractivity contribution in [2.75, 3.05) is 0 Å². The SMILES string of the molecule is O=C(O)CC1Oc2ccc(CI)cc2C1=O. The van der Waals surface area contributed by atoms with E-state index in [1.165, 1.54) is 0 Å². The zero-order valence-electron chi connectivity index (χ0n) is 8.27. The number of benzene rings is 1. The fraction of sp³-hybridized carbons (Fsp3) is 0.273. The van der Waals surface area contributed by atoms with Gasteiger partial charge in [0.25, 0.3) is 0 Å². The number of rotatable bonds is 3. The number of carboxylic acid groups (broad SMARTS) is 1. The number of hydrogen-bond acceptors (Lipinski definition) is 3. The van der Waals surface area contributed by atoms with Crippen molar-refractivity contribution in [2.24, 2.45) is 0 Å². The highest BCUT2D eigenvalue weighted by atomic mass is 127. The summed E-state index contributed by atoms with van der Waals surface area (Å²) >= 11 is 2.20. The number of halogens is 1. The van der Waals surface area contributed by atoms with Gasteiger partial charge in [-0.15, -0.1) is 0 Å². The molecule has 0 saturated carbocycles. The molecule has 1 aromatic carbocycles. The van der Waals surface area contributed by atoms with Crippen LogP contribution in [0, 0.1) is 0 Å². The maximum absolute atomic E-state index is 11.8. The van der Waals surface area contributed by atoms with E-state index in [1.54, 1.807) is 12.1 Å². The van der Waals surface area contributed by atoms with Crippen molar-refractivity contribution in [3.8, 4) is 5.75 Å². The second-order valence-corrected chi connectivity index (χ2v) is 4.30. The number of fused-ring (bicyclic) bond motifs is 1. The Hall–Kier alpha value is -1.11. The third-order valence-electron chi connectivity index (χ3n) is 2.39. The number of carbonyl (C=O) groups excluding carboxylic acids is 1. The Balaban J connectivity index is 2.28. The molecule has 1 N–H and O–H groups in total. The highest BCUT2D eigenvalue weighted by Crippen LogP contribution is 2.31. The first-order chi connectivity index (χ1) is 7.61. The van der Waals surface area contributed by atoms with Crippen molar-refractivity contribution in [1.82, 2.24) is 0 Å². The first kappa shape index (κ1) is 11.4. The van der Waals surface area contributed by atoms with Crippen LogP contribution in [0.5, 0.6) is 5.75 Å². The molecule has 1 heterocycles. The monoisotopic (exact) mass is 332 g/mol. The first-order valence-electron chi connectivity index (χ1n) is 4.73. The molecule has 0 fully saturated rings. The fourth-order valence-corrected chi connectivity index (χ4v) is 2.10. The summed E-state index contributed by atoms with van der Waals surface area (Å²) in [5.41, 5.74) is 1.53. The van der Waals surface area contributed by atoms with E-state index in [0.29, 0.717) is 11.3 Å². The summed E-state index contributed by atoms with van der Waals surface area (Å²) in [7, 11) is 0. The third-order valence-corrected chi connectivity index (χ3v) is 3.27. The molecule has 84 valence electrons. The van der Waals surface area contributed by atoms with Crippen LogP contribution in [-0.2, 0) is 9.22 Å². The number of ether oxygens (including phenoxy) is 1. The molecule has 0 radical (unpaired) electrons. The Kier molecular flexibility index (Phi) is 3.13. The van der Waals surface area contributed by atoms with Crippen molar-refractivity contribution in [2.45, 2.75) is 17.0 Å². The predicted octanol–water partition coefficient (Wildman–Crippen LogP) is 2.04. The molecular formula is C11H9IO4. The molecule has 1 atom stereocenters. The van der Waals surface area contributed by atoms with Crippen molar-refractivity contribution in [1.29, 1.82) is 0 Å². The molecule has 4 nitrogen and oxygen atoms in total. The van der Waals surface area contributed by atoms with Gasteiger partial charge in [-0.05, 0) is 17.7 Å². The van der Waals surface area contributed by atoms with Gasteiger partial charge >= 0.3 is 5.97 Å². The Morgan fingerprint density at radius 3 is 2.88 bits per heavy atom. The lowest BCUT2D eigenvalue weighted by Crippen LogP contribution is -2.23. The maximum Gasteiger partial charge on any atom is 0.307 e. The Morgan fingerprint density at radius 2 is 2.25 bits per heavy atom.